The number of alkyl halides is 48. The highest BCUT2D eigenvalue weighted by molar-refractivity contribution is 7.09. The predicted octanol–water partition coefficient (Wildman–Crippen LogP) is 15.8. The lowest BCUT2D eigenvalue weighted by molar-refractivity contribution is -0.448. The minimum Gasteiger partial charge on any atom is -0.355 e. The largest absolute Gasteiger partial charge is 0.613 e. The minimum absolute atomic E-state index is 2.49. The van der Waals surface area contributed by atoms with E-state index in [9.17, 15) is 211 Å². The summed E-state index contributed by atoms with van der Waals surface area (Å²) in [4.78, 5) is 0. The van der Waals surface area contributed by atoms with Crippen LogP contribution in [0, 0.1) is 0 Å². The first-order valence-corrected chi connectivity index (χ1v) is 20.1. The maximum atomic E-state index is 14.5. The van der Waals surface area contributed by atoms with Gasteiger partial charge in [0.1, 0.15) is 19.8 Å². The van der Waals surface area contributed by atoms with E-state index in [1.807, 2.05) is 0 Å². The molecule has 0 radical (unpaired) electrons. The topological polar surface area (TPSA) is 27.7 Å². The van der Waals surface area contributed by atoms with Crippen LogP contribution in [0.25, 0.3) is 0 Å². The van der Waals surface area contributed by atoms with E-state index in [1.54, 1.807) is 0 Å². The third-order valence-electron chi connectivity index (χ3n) is 9.47. The standard InChI is InChI=1S/C27H9ClF48O3Si/c28-80(77-1-7(35,36)13(47,48)19(59,60)25(71,72)22(65,66)16(53,54)10(41,42)4(29)30,78-2-8(37,38)14(49,50)20(61,62)26(73,74)23(67,68)17(55,56)11(43,44)5(31)32)79-3-9(39,40)15(51,52)21(63,64)27(75,76)24(69,70)18(57,58)12(45,46)6(33)34/h4-6H,1-3H2. The summed E-state index contributed by atoms with van der Waals surface area (Å²) in [6.07, 6.45) is -19.6. The highest BCUT2D eigenvalue weighted by atomic mass is 35.6. The Morgan fingerprint density at radius 3 is 0.450 bits per heavy atom. The molecule has 53 heteroatoms. The van der Waals surface area contributed by atoms with Gasteiger partial charge in [-0.05, 0) is 0 Å². The van der Waals surface area contributed by atoms with Gasteiger partial charge in [-0.25, -0.2) is 26.3 Å². The van der Waals surface area contributed by atoms with Crippen molar-refractivity contribution in [2.75, 3.05) is 19.8 Å². The van der Waals surface area contributed by atoms with Crippen molar-refractivity contribution < 1.29 is 224 Å². The molecule has 0 aromatic rings. The van der Waals surface area contributed by atoms with Gasteiger partial charge in [-0.1, -0.05) is 11.1 Å². The molecule has 0 unspecified atom stereocenters. The van der Waals surface area contributed by atoms with Crippen molar-refractivity contribution in [1.29, 1.82) is 0 Å². The van der Waals surface area contributed by atoms with Crippen molar-refractivity contribution in [1.82, 2.24) is 0 Å². The van der Waals surface area contributed by atoms with E-state index >= 15 is 0 Å². The van der Waals surface area contributed by atoms with Gasteiger partial charge in [0.25, 0.3) is 0 Å². The Kier molecular flexibility index (Phi) is 19.9. The molecule has 0 amide bonds. The molecule has 482 valence electrons. The molecule has 0 fully saturated rings. The highest BCUT2D eigenvalue weighted by Gasteiger charge is 2.97. The van der Waals surface area contributed by atoms with Crippen LogP contribution in [0.15, 0.2) is 0 Å². The monoisotopic (exact) mass is 1360 g/mol. The summed E-state index contributed by atoms with van der Waals surface area (Å²) in [5.74, 6) is -190. The molecule has 0 N–H and O–H groups in total. The summed E-state index contributed by atoms with van der Waals surface area (Å²) < 4.78 is 664. The van der Waals surface area contributed by atoms with Crippen molar-refractivity contribution in [2.45, 2.75) is 144 Å². The maximum absolute atomic E-state index is 14.5. The average molecular weight is 1360 g/mol. The summed E-state index contributed by atoms with van der Waals surface area (Å²) in [5, 5.41) is 0. The van der Waals surface area contributed by atoms with Gasteiger partial charge >= 0.3 is 152 Å². The Balaban J connectivity index is 8.23. The molecule has 0 aliphatic heterocycles. The van der Waals surface area contributed by atoms with Crippen LogP contribution in [0.2, 0.25) is 0 Å². The van der Waals surface area contributed by atoms with Crippen molar-refractivity contribution in [3.8, 4) is 0 Å². The van der Waals surface area contributed by atoms with E-state index in [1.165, 1.54) is 0 Å². The van der Waals surface area contributed by atoms with E-state index < -0.39 is 172 Å². The summed E-state index contributed by atoms with van der Waals surface area (Å²) in [7, 11) is -9.06. The number of rotatable bonds is 30. The lowest BCUT2D eigenvalue weighted by Gasteiger charge is -2.43. The van der Waals surface area contributed by atoms with Crippen LogP contribution in [0.5, 0.6) is 0 Å². The lowest BCUT2D eigenvalue weighted by Crippen LogP contribution is -2.74. The molecule has 0 spiro atoms. The van der Waals surface area contributed by atoms with Crippen molar-refractivity contribution in [3.05, 3.63) is 0 Å². The van der Waals surface area contributed by atoms with Crippen LogP contribution >= 0.6 is 11.1 Å². The third kappa shape index (κ3) is 10.5. The molecular formula is C27H9ClF48O3Si. The van der Waals surface area contributed by atoms with E-state index in [0.29, 0.717) is 0 Å². The smallest absolute Gasteiger partial charge is 0.355 e. The fourth-order valence-corrected chi connectivity index (χ4v) is 6.23. The lowest BCUT2D eigenvalue weighted by atomic mass is 9.89. The van der Waals surface area contributed by atoms with Gasteiger partial charge in [0, 0.05) is 0 Å². The Morgan fingerprint density at radius 1 is 0.212 bits per heavy atom. The summed E-state index contributed by atoms with van der Waals surface area (Å²) in [6, 6.07) is 0. The Labute approximate surface area is 407 Å². The number of halogens is 49. The third-order valence-corrected chi connectivity index (χ3v) is 11.9. The summed E-state index contributed by atoms with van der Waals surface area (Å²) >= 11 is 4.37. The zero-order valence-corrected chi connectivity index (χ0v) is 36.4. The van der Waals surface area contributed by atoms with E-state index in [4.69, 9.17) is 0 Å². The minimum atomic E-state index is -9.56. The van der Waals surface area contributed by atoms with Gasteiger partial charge in [-0.2, -0.15) is 184 Å². The molecule has 0 aliphatic rings. The second-order valence-electron chi connectivity index (χ2n) is 14.8. The quantitative estimate of drug-likeness (QED) is 0.0408. The van der Waals surface area contributed by atoms with Crippen LogP contribution in [-0.2, 0) is 13.3 Å². The first-order chi connectivity index (χ1) is 34.0. The summed E-state index contributed by atoms with van der Waals surface area (Å²) in [5.41, 5.74) is 0. The van der Waals surface area contributed by atoms with Crippen molar-refractivity contribution in [2.24, 2.45) is 0 Å². The molecule has 0 aromatic carbocycles. The van der Waals surface area contributed by atoms with Gasteiger partial charge in [-0.3, -0.25) is 0 Å². The van der Waals surface area contributed by atoms with E-state index in [0.717, 1.165) is 0 Å². The van der Waals surface area contributed by atoms with Gasteiger partial charge < -0.3 is 13.3 Å². The molecule has 0 saturated heterocycles. The fourth-order valence-electron chi connectivity index (χ4n) is 4.43. The van der Waals surface area contributed by atoms with Crippen LogP contribution < -0.4 is 0 Å². The van der Waals surface area contributed by atoms with Gasteiger partial charge in [-0.15, -0.1) is 0 Å². The van der Waals surface area contributed by atoms with Crippen LogP contribution in [0.3, 0.4) is 0 Å². The van der Waals surface area contributed by atoms with Gasteiger partial charge in [0.15, 0.2) is 0 Å². The Morgan fingerprint density at radius 2 is 0.325 bits per heavy atom. The van der Waals surface area contributed by atoms with Crippen molar-refractivity contribution in [3.63, 3.8) is 0 Å². The second-order valence-corrected chi connectivity index (χ2v) is 18.1. The number of hydrogen-bond acceptors (Lipinski definition) is 3. The first kappa shape index (κ1) is 77.0. The maximum Gasteiger partial charge on any atom is 0.613 e. The SMILES string of the molecule is FC(F)C(F)(F)C(F)(F)C(F)(F)C(F)(F)C(F)(F)C(F)(F)C(F)(F)CO[Si](Cl)(OCC(F)(F)C(F)(F)C(F)(F)C(F)(F)C(F)(F)C(F)(F)C(F)(F)C(F)F)OCC(F)(F)C(F)(F)C(F)(F)C(F)(F)C(F)(F)C(F)(F)C(F)(F)C(F)F. The predicted molar refractivity (Wildman–Crippen MR) is 151 cm³/mol. The van der Waals surface area contributed by atoms with Gasteiger partial charge in [0.05, 0.1) is 0 Å². The molecule has 0 heterocycles. The molecule has 0 atom stereocenters. The number of hydrogen-bond donors (Lipinski definition) is 0. The Hall–Kier alpha value is -2.97. The molecule has 3 nitrogen and oxygen atoms in total. The second kappa shape index (κ2) is 20.6. The van der Waals surface area contributed by atoms with Gasteiger partial charge in [0.2, 0.25) is 0 Å². The first-order valence-electron chi connectivity index (χ1n) is 17.3. The molecular weight excluding hydrogens is 1350 g/mol. The van der Waals surface area contributed by atoms with E-state index in [-0.39, 0.29) is 0 Å². The van der Waals surface area contributed by atoms with Crippen LogP contribution in [-0.4, -0.2) is 172 Å². The highest BCUT2D eigenvalue weighted by Crippen LogP contribution is 2.67. The zero-order chi connectivity index (χ0) is 66.0. The average Bonchev–Trinajstić information content (AvgIpc) is 3.25. The molecule has 0 rings (SSSR count). The van der Waals surface area contributed by atoms with E-state index in [2.05, 4.69) is 24.4 Å². The molecule has 80 heavy (non-hydrogen) atoms. The summed E-state index contributed by atoms with van der Waals surface area (Å²) in [6.45, 7) is -15.7. The normalized spacial score (nSPS) is 16.9. The Bertz CT molecular complexity index is 1900. The zero-order valence-electron chi connectivity index (χ0n) is 34.6. The molecule has 0 aromatic heterocycles. The van der Waals surface area contributed by atoms with Crippen molar-refractivity contribution >= 4 is 19.2 Å². The molecule has 0 aliphatic carbocycles. The fraction of sp³-hybridized carbons (Fsp3) is 1.00. The molecule has 0 bridgehead atoms. The van der Waals surface area contributed by atoms with Crippen LogP contribution in [0.1, 0.15) is 0 Å². The van der Waals surface area contributed by atoms with Crippen LogP contribution in [0.4, 0.5) is 211 Å². The molecule has 0 saturated carbocycles.